The Morgan fingerprint density at radius 3 is 2.83 bits per heavy atom. The van der Waals surface area contributed by atoms with Crippen LogP contribution in [0.25, 0.3) is 0 Å². The van der Waals surface area contributed by atoms with Gasteiger partial charge in [0.05, 0.1) is 11.6 Å². The van der Waals surface area contributed by atoms with E-state index in [-0.39, 0.29) is 11.4 Å². The van der Waals surface area contributed by atoms with Crippen molar-refractivity contribution in [1.29, 1.82) is 5.26 Å². The van der Waals surface area contributed by atoms with Gasteiger partial charge in [0.25, 0.3) is 0 Å². The molecule has 5 nitrogen and oxygen atoms in total. The number of pyridine rings is 1. The largest absolute Gasteiger partial charge is 0.370 e. The van der Waals surface area contributed by atoms with E-state index in [0.717, 1.165) is 0 Å². The molecular weight excluding hydrogens is 228 g/mol. The van der Waals surface area contributed by atoms with Crippen LogP contribution in [0.1, 0.15) is 32.8 Å². The van der Waals surface area contributed by atoms with Crippen molar-refractivity contribution in [3.8, 4) is 6.07 Å². The Kier molecular flexibility index (Phi) is 4.67. The highest BCUT2D eigenvalue weighted by atomic mass is 16.1. The number of nitrogens with one attached hydrogen (secondary N) is 2. The van der Waals surface area contributed by atoms with E-state index in [2.05, 4.69) is 15.6 Å². The molecule has 0 unspecified atom stereocenters. The van der Waals surface area contributed by atoms with Crippen LogP contribution in [0, 0.1) is 11.3 Å². The number of hydrogen-bond donors (Lipinski definition) is 2. The van der Waals surface area contributed by atoms with Gasteiger partial charge in [-0.1, -0.05) is 0 Å². The molecule has 1 aromatic rings. The van der Waals surface area contributed by atoms with E-state index < -0.39 is 0 Å². The molecule has 0 fully saturated rings. The Hall–Kier alpha value is -2.09. The van der Waals surface area contributed by atoms with Crippen LogP contribution in [-0.2, 0) is 4.79 Å². The Bertz CT molecular complexity index is 457. The number of aromatic nitrogens is 1. The lowest BCUT2D eigenvalue weighted by atomic mass is 10.1. The predicted molar refractivity (Wildman–Crippen MR) is 70.0 cm³/mol. The third-order valence-corrected chi connectivity index (χ3v) is 2.06. The molecule has 0 aliphatic heterocycles. The first kappa shape index (κ1) is 14.0. The fourth-order valence-electron chi connectivity index (χ4n) is 1.38. The van der Waals surface area contributed by atoms with Crippen LogP contribution < -0.4 is 10.6 Å². The molecule has 2 N–H and O–H groups in total. The van der Waals surface area contributed by atoms with Crippen LogP contribution in [0.2, 0.25) is 0 Å². The quantitative estimate of drug-likeness (QED) is 0.847. The van der Waals surface area contributed by atoms with Crippen LogP contribution in [0.3, 0.4) is 0 Å². The zero-order valence-corrected chi connectivity index (χ0v) is 10.9. The fourth-order valence-corrected chi connectivity index (χ4v) is 1.38. The molecule has 0 aliphatic rings. The summed E-state index contributed by atoms with van der Waals surface area (Å²) in [5, 5.41) is 14.6. The Morgan fingerprint density at radius 2 is 2.22 bits per heavy atom. The number of amides is 1. The van der Waals surface area contributed by atoms with Gasteiger partial charge in [0.2, 0.25) is 5.91 Å². The molecule has 0 saturated heterocycles. The summed E-state index contributed by atoms with van der Waals surface area (Å²) in [6.45, 7) is 6.31. The minimum absolute atomic E-state index is 0.00793. The van der Waals surface area contributed by atoms with Crippen LogP contribution >= 0.6 is 0 Å². The van der Waals surface area contributed by atoms with E-state index in [1.807, 2.05) is 26.8 Å². The van der Waals surface area contributed by atoms with Crippen LogP contribution in [0.15, 0.2) is 18.3 Å². The third-order valence-electron chi connectivity index (χ3n) is 2.06. The molecule has 0 spiro atoms. The summed E-state index contributed by atoms with van der Waals surface area (Å²) in [6, 6.07) is 5.33. The van der Waals surface area contributed by atoms with Crippen molar-refractivity contribution in [3.63, 3.8) is 0 Å². The molecule has 1 amide bonds. The third kappa shape index (κ3) is 5.30. The predicted octanol–water partition coefficient (Wildman–Crippen LogP) is 1.67. The summed E-state index contributed by atoms with van der Waals surface area (Å²) in [7, 11) is 0. The van der Waals surface area contributed by atoms with Crippen LogP contribution in [-0.4, -0.2) is 23.0 Å². The minimum atomic E-state index is -0.212. The highest BCUT2D eigenvalue weighted by molar-refractivity contribution is 5.77. The topological polar surface area (TPSA) is 77.8 Å². The smallest absolute Gasteiger partial charge is 0.222 e. The van der Waals surface area contributed by atoms with Crippen molar-refractivity contribution in [1.82, 2.24) is 10.3 Å². The maximum atomic E-state index is 11.5. The summed E-state index contributed by atoms with van der Waals surface area (Å²) in [5.74, 6) is 0.601. The van der Waals surface area contributed by atoms with Gasteiger partial charge in [0.1, 0.15) is 5.82 Å². The molecule has 18 heavy (non-hydrogen) atoms. The molecule has 1 heterocycles. The summed E-state index contributed by atoms with van der Waals surface area (Å²) in [4.78, 5) is 15.6. The maximum Gasteiger partial charge on any atom is 0.222 e. The summed E-state index contributed by atoms with van der Waals surface area (Å²) in [5.41, 5.74) is 0.336. The number of rotatable bonds is 4. The molecule has 0 aromatic carbocycles. The second kappa shape index (κ2) is 6.01. The summed E-state index contributed by atoms with van der Waals surface area (Å²) < 4.78 is 0. The highest BCUT2D eigenvalue weighted by Crippen LogP contribution is 2.05. The molecule has 0 saturated carbocycles. The first-order valence-electron chi connectivity index (χ1n) is 5.82. The molecule has 1 rings (SSSR count). The fraction of sp³-hybridized carbons (Fsp3) is 0.462. The van der Waals surface area contributed by atoms with Gasteiger partial charge in [-0.05, 0) is 32.9 Å². The summed E-state index contributed by atoms with van der Waals surface area (Å²) in [6.07, 6.45) is 1.94. The number of nitriles is 1. The highest BCUT2D eigenvalue weighted by Gasteiger charge is 2.12. The molecule has 0 radical (unpaired) electrons. The average Bonchev–Trinajstić information content (AvgIpc) is 2.27. The minimum Gasteiger partial charge on any atom is -0.370 e. The van der Waals surface area contributed by atoms with E-state index in [9.17, 15) is 4.79 Å². The van der Waals surface area contributed by atoms with Crippen molar-refractivity contribution in [2.45, 2.75) is 32.7 Å². The van der Waals surface area contributed by atoms with Gasteiger partial charge in [-0.15, -0.1) is 0 Å². The van der Waals surface area contributed by atoms with Crippen molar-refractivity contribution in [2.75, 3.05) is 11.9 Å². The van der Waals surface area contributed by atoms with Gasteiger partial charge in [-0.2, -0.15) is 5.26 Å². The van der Waals surface area contributed by atoms with Crippen molar-refractivity contribution >= 4 is 11.7 Å². The number of hydrogen-bond acceptors (Lipinski definition) is 4. The van der Waals surface area contributed by atoms with Gasteiger partial charge in [0.15, 0.2) is 0 Å². The normalized spacial score (nSPS) is 10.6. The first-order valence-corrected chi connectivity index (χ1v) is 5.82. The lowest BCUT2D eigenvalue weighted by Crippen LogP contribution is -2.41. The molecule has 0 atom stereocenters. The first-order chi connectivity index (χ1) is 8.40. The lowest BCUT2D eigenvalue weighted by Gasteiger charge is -2.20. The van der Waals surface area contributed by atoms with E-state index in [0.29, 0.717) is 24.3 Å². The van der Waals surface area contributed by atoms with Crippen LogP contribution in [0.4, 0.5) is 5.82 Å². The zero-order chi connectivity index (χ0) is 13.6. The second-order valence-corrected chi connectivity index (χ2v) is 5.02. The zero-order valence-electron chi connectivity index (χ0n) is 10.9. The van der Waals surface area contributed by atoms with E-state index in [4.69, 9.17) is 5.26 Å². The Labute approximate surface area is 107 Å². The van der Waals surface area contributed by atoms with E-state index >= 15 is 0 Å². The number of nitrogens with zero attached hydrogens (tertiary/aromatic N) is 2. The van der Waals surface area contributed by atoms with Crippen molar-refractivity contribution in [2.24, 2.45) is 0 Å². The average molecular weight is 246 g/mol. The standard InChI is InChI=1S/C13H18N4O/c1-13(2,3)17-12(18)5-7-16-11-8-10(9-14)4-6-15-11/h4,6,8H,5,7H2,1-3H3,(H,15,16)(H,17,18). The van der Waals surface area contributed by atoms with Crippen LogP contribution in [0.5, 0.6) is 0 Å². The monoisotopic (exact) mass is 246 g/mol. The lowest BCUT2D eigenvalue weighted by molar-refractivity contribution is -0.122. The molecule has 96 valence electrons. The molecular formula is C13H18N4O. The van der Waals surface area contributed by atoms with Gasteiger partial charge < -0.3 is 10.6 Å². The van der Waals surface area contributed by atoms with Gasteiger partial charge in [-0.25, -0.2) is 4.98 Å². The van der Waals surface area contributed by atoms with Gasteiger partial charge in [0, 0.05) is 24.7 Å². The summed E-state index contributed by atoms with van der Waals surface area (Å²) >= 11 is 0. The number of carbonyl (C=O) groups excluding carboxylic acids is 1. The van der Waals surface area contributed by atoms with Gasteiger partial charge >= 0.3 is 0 Å². The SMILES string of the molecule is CC(C)(C)NC(=O)CCNc1cc(C#N)ccn1. The number of carbonyl (C=O) groups is 1. The maximum absolute atomic E-state index is 11.5. The molecule has 0 aliphatic carbocycles. The molecule has 1 aromatic heterocycles. The molecule has 5 heteroatoms. The Balaban J connectivity index is 2.38. The van der Waals surface area contributed by atoms with Gasteiger partial charge in [-0.3, -0.25) is 4.79 Å². The van der Waals surface area contributed by atoms with E-state index in [1.165, 1.54) is 0 Å². The van der Waals surface area contributed by atoms with Crippen molar-refractivity contribution < 1.29 is 4.79 Å². The number of anilines is 1. The second-order valence-electron chi connectivity index (χ2n) is 5.02. The van der Waals surface area contributed by atoms with Crippen molar-refractivity contribution in [3.05, 3.63) is 23.9 Å². The Morgan fingerprint density at radius 1 is 1.50 bits per heavy atom. The van der Waals surface area contributed by atoms with E-state index in [1.54, 1.807) is 18.3 Å². The molecule has 0 bridgehead atoms.